The van der Waals surface area contributed by atoms with Crippen molar-refractivity contribution in [1.29, 1.82) is 0 Å². The Bertz CT molecular complexity index is 244. The molecule has 2 unspecified atom stereocenters. The lowest BCUT2D eigenvalue weighted by molar-refractivity contribution is -0.149. The molecule has 0 rings (SSSR count). The van der Waals surface area contributed by atoms with Gasteiger partial charge in [0.2, 0.25) is 5.91 Å². The van der Waals surface area contributed by atoms with E-state index in [1.165, 1.54) is 6.92 Å². The highest BCUT2D eigenvalue weighted by Crippen LogP contribution is 2.13. The van der Waals surface area contributed by atoms with Crippen LogP contribution in [0.15, 0.2) is 0 Å². The largest absolute Gasteiger partial charge is 0.480 e. The molecule has 0 aliphatic heterocycles. The lowest BCUT2D eigenvalue weighted by Crippen LogP contribution is -2.49. The van der Waals surface area contributed by atoms with Gasteiger partial charge in [0.1, 0.15) is 0 Å². The zero-order valence-corrected chi connectivity index (χ0v) is 9.83. The third-order valence-corrected chi connectivity index (χ3v) is 1.63. The summed E-state index contributed by atoms with van der Waals surface area (Å²) >= 11 is 0. The average Bonchev–Trinajstić information content (AvgIpc) is 1.95. The van der Waals surface area contributed by atoms with Crippen LogP contribution < -0.4 is 5.32 Å². The molecule has 0 saturated carbocycles. The lowest BCUT2D eigenvalue weighted by atomic mass is 10.1. The molecule has 2 atom stereocenters. The number of rotatable bonds is 4. The predicted octanol–water partition coefficient (Wildman–Crippen LogP) is 0.779. The molecule has 0 aliphatic carbocycles. The number of hydrogen-bond donors (Lipinski definition) is 2. The number of carbonyl (C=O) groups excluding carboxylic acids is 1. The third-order valence-electron chi connectivity index (χ3n) is 1.63. The van der Waals surface area contributed by atoms with E-state index in [9.17, 15) is 9.59 Å². The van der Waals surface area contributed by atoms with E-state index in [2.05, 4.69) is 5.32 Å². The topological polar surface area (TPSA) is 75.6 Å². The number of hydrogen-bond acceptors (Lipinski definition) is 3. The first-order valence-corrected chi connectivity index (χ1v) is 4.81. The second-order valence-electron chi connectivity index (χ2n) is 4.45. The molecule has 0 aliphatic rings. The molecule has 5 heteroatoms. The van der Waals surface area contributed by atoms with E-state index in [-0.39, 0.29) is 5.91 Å². The van der Waals surface area contributed by atoms with E-state index in [1.54, 1.807) is 6.92 Å². The van der Waals surface area contributed by atoms with Gasteiger partial charge in [0.25, 0.3) is 0 Å². The standard InChI is InChI=1S/C10H19NO4/c1-6(15-10(3,4)5)8(9(13)14)11-7(2)12/h6,8H,1-5H3,(H,11,12)(H,13,14). The first kappa shape index (κ1) is 13.9. The first-order chi connectivity index (χ1) is 6.63. The maximum absolute atomic E-state index is 10.9. The molecule has 0 spiro atoms. The minimum absolute atomic E-state index is 0.383. The highest BCUT2D eigenvalue weighted by Gasteiger charge is 2.29. The van der Waals surface area contributed by atoms with Crippen LogP contribution in [0.1, 0.15) is 34.6 Å². The van der Waals surface area contributed by atoms with Gasteiger partial charge in [0, 0.05) is 6.92 Å². The fourth-order valence-corrected chi connectivity index (χ4v) is 1.22. The van der Waals surface area contributed by atoms with Gasteiger partial charge in [-0.1, -0.05) is 0 Å². The molecular weight excluding hydrogens is 198 g/mol. The summed E-state index contributed by atoms with van der Waals surface area (Å²) in [5.74, 6) is -1.48. The van der Waals surface area contributed by atoms with Crippen LogP contribution >= 0.6 is 0 Å². The SMILES string of the molecule is CC(=O)NC(C(=O)O)C(C)OC(C)(C)C. The summed E-state index contributed by atoms with van der Waals surface area (Å²) in [5, 5.41) is 11.2. The van der Waals surface area contributed by atoms with Crippen molar-refractivity contribution < 1.29 is 19.4 Å². The van der Waals surface area contributed by atoms with Crippen LogP contribution in [0.25, 0.3) is 0 Å². The van der Waals surface area contributed by atoms with E-state index in [4.69, 9.17) is 9.84 Å². The maximum Gasteiger partial charge on any atom is 0.328 e. The normalized spacial score (nSPS) is 15.5. The van der Waals surface area contributed by atoms with Gasteiger partial charge in [-0.25, -0.2) is 4.79 Å². The van der Waals surface area contributed by atoms with Crippen molar-refractivity contribution in [1.82, 2.24) is 5.32 Å². The molecule has 0 saturated heterocycles. The number of carbonyl (C=O) groups is 2. The Kier molecular flexibility index (Phi) is 4.74. The second-order valence-corrected chi connectivity index (χ2v) is 4.45. The molecule has 0 aromatic heterocycles. The van der Waals surface area contributed by atoms with Crippen LogP contribution in [0.4, 0.5) is 0 Å². The van der Waals surface area contributed by atoms with E-state index in [0.29, 0.717) is 0 Å². The number of ether oxygens (including phenoxy) is 1. The van der Waals surface area contributed by atoms with Crippen molar-refractivity contribution >= 4 is 11.9 Å². The van der Waals surface area contributed by atoms with Crippen LogP contribution in [0.3, 0.4) is 0 Å². The Labute approximate surface area is 89.8 Å². The van der Waals surface area contributed by atoms with Crippen molar-refractivity contribution in [2.24, 2.45) is 0 Å². The number of carboxylic acids is 1. The molecule has 88 valence electrons. The van der Waals surface area contributed by atoms with Crippen molar-refractivity contribution in [3.63, 3.8) is 0 Å². The predicted molar refractivity (Wildman–Crippen MR) is 55.5 cm³/mol. The van der Waals surface area contributed by atoms with Crippen molar-refractivity contribution in [3.8, 4) is 0 Å². The summed E-state index contributed by atoms with van der Waals surface area (Å²) in [7, 11) is 0. The monoisotopic (exact) mass is 217 g/mol. The van der Waals surface area contributed by atoms with Crippen LogP contribution in [0.5, 0.6) is 0 Å². The summed E-state index contributed by atoms with van der Waals surface area (Å²) in [6.07, 6.45) is -0.577. The average molecular weight is 217 g/mol. The Morgan fingerprint density at radius 2 is 1.80 bits per heavy atom. The van der Waals surface area contributed by atoms with Crippen LogP contribution in [-0.4, -0.2) is 34.7 Å². The van der Waals surface area contributed by atoms with E-state index in [0.717, 1.165) is 0 Å². The van der Waals surface area contributed by atoms with Crippen LogP contribution in [-0.2, 0) is 14.3 Å². The molecule has 2 N–H and O–H groups in total. The fraction of sp³-hybridized carbons (Fsp3) is 0.800. The quantitative estimate of drug-likeness (QED) is 0.729. The molecule has 0 fully saturated rings. The molecule has 0 radical (unpaired) electrons. The molecule has 0 aromatic rings. The Morgan fingerprint density at radius 3 is 2.07 bits per heavy atom. The van der Waals surface area contributed by atoms with Gasteiger partial charge >= 0.3 is 5.97 Å². The van der Waals surface area contributed by atoms with Crippen LogP contribution in [0, 0.1) is 0 Å². The third kappa shape index (κ3) is 6.06. The molecule has 0 bridgehead atoms. The van der Waals surface area contributed by atoms with Gasteiger partial charge in [-0.2, -0.15) is 0 Å². The number of nitrogens with one attached hydrogen (secondary N) is 1. The van der Waals surface area contributed by atoms with Gasteiger partial charge < -0.3 is 15.2 Å². The Morgan fingerprint density at radius 1 is 1.33 bits per heavy atom. The summed E-state index contributed by atoms with van der Waals surface area (Å²) in [5.41, 5.74) is -0.439. The molecule has 0 aromatic carbocycles. The van der Waals surface area contributed by atoms with Crippen molar-refractivity contribution in [3.05, 3.63) is 0 Å². The highest BCUT2D eigenvalue weighted by atomic mass is 16.5. The minimum atomic E-state index is -1.10. The lowest BCUT2D eigenvalue weighted by Gasteiger charge is -2.29. The number of aliphatic carboxylic acids is 1. The summed E-state index contributed by atoms with van der Waals surface area (Å²) < 4.78 is 5.47. The fourth-order valence-electron chi connectivity index (χ4n) is 1.22. The summed E-state index contributed by atoms with van der Waals surface area (Å²) in [6.45, 7) is 8.39. The molecule has 15 heavy (non-hydrogen) atoms. The molecule has 0 heterocycles. The molecule has 1 amide bonds. The number of carboxylic acid groups (broad SMARTS) is 1. The number of amides is 1. The van der Waals surface area contributed by atoms with E-state index >= 15 is 0 Å². The zero-order valence-electron chi connectivity index (χ0n) is 9.83. The Balaban J connectivity index is 4.49. The molecule has 5 nitrogen and oxygen atoms in total. The van der Waals surface area contributed by atoms with E-state index < -0.39 is 23.7 Å². The van der Waals surface area contributed by atoms with Gasteiger partial charge in [-0.05, 0) is 27.7 Å². The molecular formula is C10H19NO4. The maximum atomic E-state index is 10.9. The first-order valence-electron chi connectivity index (χ1n) is 4.81. The zero-order chi connectivity index (χ0) is 12.2. The Hall–Kier alpha value is -1.10. The van der Waals surface area contributed by atoms with Gasteiger partial charge in [0.15, 0.2) is 6.04 Å². The van der Waals surface area contributed by atoms with Gasteiger partial charge in [-0.3, -0.25) is 4.79 Å². The second kappa shape index (κ2) is 5.11. The summed E-state index contributed by atoms with van der Waals surface area (Å²) in [4.78, 5) is 21.7. The van der Waals surface area contributed by atoms with Gasteiger partial charge in [0.05, 0.1) is 11.7 Å². The van der Waals surface area contributed by atoms with Crippen molar-refractivity contribution in [2.45, 2.75) is 52.4 Å². The highest BCUT2D eigenvalue weighted by molar-refractivity contribution is 5.82. The smallest absolute Gasteiger partial charge is 0.328 e. The van der Waals surface area contributed by atoms with Crippen molar-refractivity contribution in [2.75, 3.05) is 0 Å². The van der Waals surface area contributed by atoms with Gasteiger partial charge in [-0.15, -0.1) is 0 Å². The van der Waals surface area contributed by atoms with E-state index in [1.807, 2.05) is 20.8 Å². The van der Waals surface area contributed by atoms with Crippen LogP contribution in [0.2, 0.25) is 0 Å². The summed E-state index contributed by atoms with van der Waals surface area (Å²) in [6, 6.07) is -1.01. The minimum Gasteiger partial charge on any atom is -0.480 e.